The lowest BCUT2D eigenvalue weighted by Crippen LogP contribution is -2.28. The third-order valence-corrected chi connectivity index (χ3v) is 5.65. The number of carbonyl (C=O) groups is 2. The first-order chi connectivity index (χ1) is 17.3. The molecular weight excluding hydrogens is 458 g/mol. The number of carbonyl (C=O) groups excluding carboxylic acids is 2. The molecule has 9 heteroatoms. The van der Waals surface area contributed by atoms with Gasteiger partial charge in [0, 0.05) is 11.3 Å². The van der Waals surface area contributed by atoms with E-state index in [1.54, 1.807) is 42.5 Å². The van der Waals surface area contributed by atoms with Crippen LogP contribution < -0.4 is 15.7 Å². The average molecular weight is 482 g/mol. The summed E-state index contributed by atoms with van der Waals surface area (Å²) in [6, 6.07) is 19.5. The zero-order valence-electron chi connectivity index (χ0n) is 20.0. The van der Waals surface area contributed by atoms with Crippen LogP contribution in [0, 0.1) is 13.8 Å². The number of amides is 1. The molecule has 5 aromatic rings. The normalized spacial score (nSPS) is 11.1. The summed E-state index contributed by atoms with van der Waals surface area (Å²) in [4.78, 5) is 42.1. The second kappa shape index (κ2) is 9.10. The second-order valence-electron chi connectivity index (χ2n) is 8.61. The van der Waals surface area contributed by atoms with Gasteiger partial charge in [0.1, 0.15) is 12.3 Å². The molecule has 180 valence electrons. The summed E-state index contributed by atoms with van der Waals surface area (Å²) >= 11 is 0. The molecule has 36 heavy (non-hydrogen) atoms. The molecule has 3 aromatic carbocycles. The number of aromatic nitrogens is 4. The van der Waals surface area contributed by atoms with Crippen molar-refractivity contribution in [3.05, 3.63) is 93.9 Å². The molecule has 0 spiro atoms. The number of ketones is 1. The predicted molar refractivity (Wildman–Crippen MR) is 136 cm³/mol. The molecule has 0 saturated carbocycles. The van der Waals surface area contributed by atoms with Gasteiger partial charge in [0.25, 0.3) is 5.88 Å². The zero-order valence-corrected chi connectivity index (χ0v) is 20.0. The van der Waals surface area contributed by atoms with E-state index < -0.39 is 11.6 Å². The Morgan fingerprint density at radius 2 is 1.67 bits per heavy atom. The fraction of sp³-hybridized carbons (Fsp3) is 0.148. The minimum absolute atomic E-state index is 0.0659. The first-order valence-electron chi connectivity index (χ1n) is 11.3. The largest absolute Gasteiger partial charge is 0.436 e. The van der Waals surface area contributed by atoms with Gasteiger partial charge in [0.05, 0.1) is 11.0 Å². The van der Waals surface area contributed by atoms with Gasteiger partial charge >= 0.3 is 5.69 Å². The number of hydrogen-bond acceptors (Lipinski definition) is 6. The van der Waals surface area contributed by atoms with E-state index in [1.807, 2.05) is 38.1 Å². The van der Waals surface area contributed by atoms with Crippen molar-refractivity contribution >= 4 is 34.1 Å². The van der Waals surface area contributed by atoms with E-state index in [0.717, 1.165) is 15.8 Å². The Hall–Kier alpha value is -4.79. The summed E-state index contributed by atoms with van der Waals surface area (Å²) in [5, 5.41) is 7.12. The Bertz CT molecular complexity index is 1680. The number of aryl methyl sites for hydroxylation is 2. The SMILES string of the molecule is CC(=O)c1ccc(NC(=O)Cn2nc3c(Oc4cc(C)cc(C)c4)nc4ccccc4n3c2=O)cc1. The molecule has 1 N–H and O–H groups in total. The van der Waals surface area contributed by atoms with Gasteiger partial charge in [-0.25, -0.2) is 18.9 Å². The van der Waals surface area contributed by atoms with Crippen LogP contribution in [0.4, 0.5) is 5.69 Å². The maximum absolute atomic E-state index is 13.3. The standard InChI is InChI=1S/C27H23N5O4/c1-16-12-17(2)14-21(13-16)36-26-25-30-31(27(35)32(25)23-7-5-4-6-22(23)29-26)15-24(34)28-20-10-8-19(9-11-20)18(3)33/h4-14H,15H2,1-3H3,(H,28,34). The first-order valence-corrected chi connectivity index (χ1v) is 11.3. The summed E-state index contributed by atoms with van der Waals surface area (Å²) in [5.74, 6) is 0.231. The van der Waals surface area contributed by atoms with Crippen LogP contribution in [0.5, 0.6) is 11.6 Å². The van der Waals surface area contributed by atoms with Crippen molar-refractivity contribution in [1.82, 2.24) is 19.2 Å². The fourth-order valence-electron chi connectivity index (χ4n) is 4.07. The summed E-state index contributed by atoms with van der Waals surface area (Å²) < 4.78 is 8.56. The second-order valence-corrected chi connectivity index (χ2v) is 8.61. The highest BCUT2D eigenvalue weighted by molar-refractivity contribution is 5.95. The highest BCUT2D eigenvalue weighted by atomic mass is 16.5. The molecule has 9 nitrogen and oxygen atoms in total. The predicted octanol–water partition coefficient (Wildman–Crippen LogP) is 4.29. The van der Waals surface area contributed by atoms with Crippen LogP contribution in [0.15, 0.2) is 71.5 Å². The quantitative estimate of drug-likeness (QED) is 0.363. The number of para-hydroxylation sites is 2. The molecule has 5 rings (SSSR count). The molecule has 2 aromatic heterocycles. The molecule has 0 unspecified atom stereocenters. The molecular formula is C27H23N5O4. The van der Waals surface area contributed by atoms with Crippen LogP contribution in [-0.2, 0) is 11.3 Å². The summed E-state index contributed by atoms with van der Waals surface area (Å²) in [6.45, 7) is 5.09. The molecule has 2 heterocycles. The number of Topliss-reactive ketones (excluding diaryl/α,β-unsaturated/α-hetero) is 1. The van der Waals surface area contributed by atoms with E-state index in [9.17, 15) is 14.4 Å². The number of benzene rings is 3. The van der Waals surface area contributed by atoms with E-state index in [0.29, 0.717) is 28.0 Å². The highest BCUT2D eigenvalue weighted by Gasteiger charge is 2.19. The van der Waals surface area contributed by atoms with Crippen molar-refractivity contribution in [1.29, 1.82) is 0 Å². The summed E-state index contributed by atoms with van der Waals surface area (Å²) in [5.41, 5.74) is 3.92. The van der Waals surface area contributed by atoms with E-state index in [4.69, 9.17) is 4.74 Å². The van der Waals surface area contributed by atoms with E-state index in [2.05, 4.69) is 15.4 Å². The van der Waals surface area contributed by atoms with E-state index >= 15 is 0 Å². The molecule has 0 aliphatic heterocycles. The Morgan fingerprint density at radius 3 is 2.36 bits per heavy atom. The topological polar surface area (TPSA) is 108 Å². The Morgan fingerprint density at radius 1 is 0.972 bits per heavy atom. The minimum atomic E-state index is -0.490. The zero-order chi connectivity index (χ0) is 25.4. The fourth-order valence-corrected chi connectivity index (χ4v) is 4.07. The lowest BCUT2D eigenvalue weighted by molar-refractivity contribution is -0.117. The third-order valence-electron chi connectivity index (χ3n) is 5.65. The average Bonchev–Trinajstić information content (AvgIpc) is 3.15. The van der Waals surface area contributed by atoms with E-state index in [-0.39, 0.29) is 23.9 Å². The van der Waals surface area contributed by atoms with Crippen LogP contribution in [-0.4, -0.2) is 30.9 Å². The maximum atomic E-state index is 13.3. The number of nitrogens with one attached hydrogen (secondary N) is 1. The van der Waals surface area contributed by atoms with Gasteiger partial charge in [-0.2, -0.15) is 0 Å². The Kier molecular flexibility index (Phi) is 5.81. The van der Waals surface area contributed by atoms with Gasteiger partial charge in [-0.1, -0.05) is 18.2 Å². The number of ether oxygens (including phenoxy) is 1. The van der Waals surface area contributed by atoms with Crippen molar-refractivity contribution in [2.75, 3.05) is 5.32 Å². The van der Waals surface area contributed by atoms with Crippen molar-refractivity contribution in [3.8, 4) is 11.6 Å². The molecule has 0 aliphatic rings. The molecule has 1 amide bonds. The van der Waals surface area contributed by atoms with Gasteiger partial charge in [0.2, 0.25) is 11.6 Å². The smallest absolute Gasteiger partial charge is 0.351 e. The lowest BCUT2D eigenvalue weighted by Gasteiger charge is -2.09. The Labute approximate surface area is 206 Å². The van der Waals surface area contributed by atoms with Gasteiger partial charge in [-0.15, -0.1) is 5.10 Å². The van der Waals surface area contributed by atoms with Crippen LogP contribution >= 0.6 is 0 Å². The van der Waals surface area contributed by atoms with Gasteiger partial charge in [-0.3, -0.25) is 9.59 Å². The van der Waals surface area contributed by atoms with Gasteiger partial charge < -0.3 is 10.1 Å². The lowest BCUT2D eigenvalue weighted by atomic mass is 10.1. The molecule has 0 saturated heterocycles. The first kappa shape index (κ1) is 23.0. The van der Waals surface area contributed by atoms with Crippen molar-refractivity contribution in [2.24, 2.45) is 0 Å². The number of rotatable bonds is 6. The Balaban J connectivity index is 1.52. The molecule has 0 atom stereocenters. The van der Waals surface area contributed by atoms with Crippen LogP contribution in [0.1, 0.15) is 28.4 Å². The molecule has 0 aliphatic carbocycles. The monoisotopic (exact) mass is 481 g/mol. The van der Waals surface area contributed by atoms with E-state index in [1.165, 1.54) is 11.3 Å². The third kappa shape index (κ3) is 4.46. The van der Waals surface area contributed by atoms with Crippen molar-refractivity contribution in [3.63, 3.8) is 0 Å². The molecule has 0 radical (unpaired) electrons. The van der Waals surface area contributed by atoms with Crippen LogP contribution in [0.25, 0.3) is 16.7 Å². The maximum Gasteiger partial charge on any atom is 0.351 e. The number of anilines is 1. The summed E-state index contributed by atoms with van der Waals surface area (Å²) in [7, 11) is 0. The molecule has 0 bridgehead atoms. The number of hydrogen-bond donors (Lipinski definition) is 1. The highest BCUT2D eigenvalue weighted by Crippen LogP contribution is 2.27. The minimum Gasteiger partial charge on any atom is -0.436 e. The van der Waals surface area contributed by atoms with Crippen LogP contribution in [0.3, 0.4) is 0 Å². The molecule has 0 fully saturated rings. The van der Waals surface area contributed by atoms with Gasteiger partial charge in [-0.05, 0) is 80.4 Å². The van der Waals surface area contributed by atoms with Crippen molar-refractivity contribution < 1.29 is 14.3 Å². The van der Waals surface area contributed by atoms with Gasteiger partial charge in [0.15, 0.2) is 5.78 Å². The number of nitrogens with zero attached hydrogens (tertiary/aromatic N) is 4. The van der Waals surface area contributed by atoms with Crippen molar-refractivity contribution in [2.45, 2.75) is 27.3 Å². The summed E-state index contributed by atoms with van der Waals surface area (Å²) in [6.07, 6.45) is 0. The van der Waals surface area contributed by atoms with Crippen LogP contribution in [0.2, 0.25) is 0 Å². The number of fused-ring (bicyclic) bond motifs is 3.